The second-order valence-corrected chi connectivity index (χ2v) is 8.33. The van der Waals surface area contributed by atoms with Gasteiger partial charge in [-0.3, -0.25) is 14.2 Å². The molecule has 3 rings (SSSR count). The maximum Gasteiger partial charge on any atom is 0.316 e. The van der Waals surface area contributed by atoms with E-state index in [1.807, 2.05) is 0 Å². The number of rotatable bonds is 5. The molecule has 136 valence electrons. The first-order chi connectivity index (χ1) is 11.9. The summed E-state index contributed by atoms with van der Waals surface area (Å²) in [5.74, 6) is -0.165. The van der Waals surface area contributed by atoms with Gasteiger partial charge in [0.25, 0.3) is 5.56 Å². The van der Waals surface area contributed by atoms with Crippen LogP contribution in [0, 0.1) is 0 Å². The number of carbonyl (C=O) groups excluding carboxylic acids is 1. The third kappa shape index (κ3) is 3.47. The van der Waals surface area contributed by atoms with E-state index in [0.29, 0.717) is 23.8 Å². The number of esters is 1. The normalized spacial score (nSPS) is 19.8. The van der Waals surface area contributed by atoms with Gasteiger partial charge in [-0.2, -0.15) is 0 Å². The van der Waals surface area contributed by atoms with Gasteiger partial charge in [0.2, 0.25) is 0 Å². The van der Waals surface area contributed by atoms with Crippen LogP contribution in [-0.2, 0) is 34.3 Å². The highest BCUT2D eigenvalue weighted by Gasteiger charge is 2.33. The second-order valence-electron chi connectivity index (χ2n) is 6.31. The molecule has 0 bridgehead atoms. The molecule has 2 aromatic heterocycles. The smallest absolute Gasteiger partial charge is 0.316 e. The van der Waals surface area contributed by atoms with Crippen molar-refractivity contribution in [3.8, 4) is 0 Å². The molecule has 0 aliphatic carbocycles. The first-order valence-corrected chi connectivity index (χ1v) is 10.1. The molecule has 0 saturated heterocycles. The molecule has 0 radical (unpaired) electrons. The van der Waals surface area contributed by atoms with Crippen molar-refractivity contribution in [1.82, 2.24) is 9.55 Å². The van der Waals surface area contributed by atoms with Crippen LogP contribution in [0.3, 0.4) is 0 Å². The van der Waals surface area contributed by atoms with Gasteiger partial charge in [-0.05, 0) is 25.8 Å². The predicted molar refractivity (Wildman–Crippen MR) is 99.4 cm³/mol. The van der Waals surface area contributed by atoms with Gasteiger partial charge in [-0.1, -0.05) is 18.7 Å². The molecule has 1 aliphatic rings. The fourth-order valence-corrected chi connectivity index (χ4v) is 4.78. The van der Waals surface area contributed by atoms with Crippen LogP contribution in [0.15, 0.2) is 9.95 Å². The molecule has 0 saturated carbocycles. The summed E-state index contributed by atoms with van der Waals surface area (Å²) < 4.78 is 12.4. The van der Waals surface area contributed by atoms with E-state index in [-0.39, 0.29) is 22.9 Å². The van der Waals surface area contributed by atoms with Crippen LogP contribution in [0.25, 0.3) is 10.2 Å². The number of ether oxygens (including phenoxy) is 2. The quantitative estimate of drug-likeness (QED) is 0.450. The zero-order valence-corrected chi connectivity index (χ0v) is 16.5. The Labute approximate surface area is 154 Å². The molecule has 2 aromatic rings. The second kappa shape index (κ2) is 7.09. The molecule has 0 fully saturated rings. The number of hydrogen-bond acceptors (Lipinski definition) is 7. The van der Waals surface area contributed by atoms with Gasteiger partial charge in [0.05, 0.1) is 30.0 Å². The van der Waals surface area contributed by atoms with Crippen molar-refractivity contribution in [2.45, 2.75) is 51.0 Å². The molecule has 8 heteroatoms. The van der Waals surface area contributed by atoms with Crippen molar-refractivity contribution >= 4 is 39.3 Å². The number of thiophene rings is 1. The summed E-state index contributed by atoms with van der Waals surface area (Å²) in [5.41, 5.74) is 0.781. The Hall–Kier alpha value is -1.38. The zero-order chi connectivity index (χ0) is 18.2. The summed E-state index contributed by atoms with van der Waals surface area (Å²) >= 11 is 2.74. The highest BCUT2D eigenvalue weighted by atomic mass is 32.2. The molecular formula is C17H22N2O4S2. The summed E-state index contributed by atoms with van der Waals surface area (Å²) in [6.45, 7) is 6.82. The van der Waals surface area contributed by atoms with Crippen molar-refractivity contribution in [2.75, 3.05) is 12.4 Å². The summed E-state index contributed by atoms with van der Waals surface area (Å²) in [6, 6.07) is 0. The van der Waals surface area contributed by atoms with Gasteiger partial charge in [0, 0.05) is 18.3 Å². The van der Waals surface area contributed by atoms with E-state index in [4.69, 9.17) is 9.47 Å². The van der Waals surface area contributed by atoms with Gasteiger partial charge < -0.3 is 9.47 Å². The Morgan fingerprint density at radius 3 is 2.92 bits per heavy atom. The summed E-state index contributed by atoms with van der Waals surface area (Å²) in [6.07, 6.45) is 1.62. The first kappa shape index (κ1) is 18.4. The number of fused-ring (bicyclic) bond motifs is 3. The summed E-state index contributed by atoms with van der Waals surface area (Å²) in [5, 5.41) is 1.23. The standard InChI is InChI=1S/C17H22N2O4S2/c1-5-17(3)7-10-11(8-23-17)25-14-13(10)15(21)19(4)16(18-14)24-9-12(20)22-6-2/h5-9H2,1-4H3. The minimum Gasteiger partial charge on any atom is -0.465 e. The minimum atomic E-state index is -0.306. The molecule has 6 nitrogen and oxygen atoms in total. The lowest BCUT2D eigenvalue weighted by molar-refractivity contribution is -0.139. The maximum atomic E-state index is 12.9. The molecule has 1 atom stereocenters. The zero-order valence-electron chi connectivity index (χ0n) is 14.9. The van der Waals surface area contributed by atoms with Crippen LogP contribution in [0.5, 0.6) is 0 Å². The van der Waals surface area contributed by atoms with Crippen molar-refractivity contribution in [2.24, 2.45) is 7.05 Å². The number of carbonyl (C=O) groups is 1. The fourth-order valence-electron chi connectivity index (χ4n) is 2.86. The fraction of sp³-hybridized carbons (Fsp3) is 0.588. The lowest BCUT2D eigenvalue weighted by Gasteiger charge is -2.32. The van der Waals surface area contributed by atoms with Crippen LogP contribution in [-0.4, -0.2) is 33.5 Å². The average Bonchev–Trinajstić information content (AvgIpc) is 2.94. The van der Waals surface area contributed by atoms with Gasteiger partial charge in [-0.25, -0.2) is 4.98 Å². The lowest BCUT2D eigenvalue weighted by atomic mass is 9.90. The van der Waals surface area contributed by atoms with Crippen LogP contribution >= 0.6 is 23.1 Å². The van der Waals surface area contributed by atoms with Crippen molar-refractivity contribution in [1.29, 1.82) is 0 Å². The highest BCUT2D eigenvalue weighted by Crippen LogP contribution is 2.38. The van der Waals surface area contributed by atoms with Crippen LogP contribution < -0.4 is 5.56 Å². The number of thioether (sulfide) groups is 1. The molecule has 1 aliphatic heterocycles. The largest absolute Gasteiger partial charge is 0.465 e. The predicted octanol–water partition coefficient (Wildman–Crippen LogP) is 2.89. The van der Waals surface area contributed by atoms with E-state index < -0.39 is 0 Å². The van der Waals surface area contributed by atoms with E-state index in [9.17, 15) is 9.59 Å². The third-order valence-electron chi connectivity index (χ3n) is 4.55. The van der Waals surface area contributed by atoms with Crippen molar-refractivity contribution in [3.05, 3.63) is 20.8 Å². The Bertz CT molecular complexity index is 874. The summed E-state index contributed by atoms with van der Waals surface area (Å²) in [4.78, 5) is 30.9. The van der Waals surface area contributed by atoms with Crippen LogP contribution in [0.1, 0.15) is 37.6 Å². The Morgan fingerprint density at radius 2 is 2.24 bits per heavy atom. The molecule has 0 amide bonds. The molecule has 0 N–H and O–H groups in total. The monoisotopic (exact) mass is 382 g/mol. The van der Waals surface area contributed by atoms with Crippen LogP contribution in [0.4, 0.5) is 0 Å². The van der Waals surface area contributed by atoms with E-state index in [1.54, 1.807) is 14.0 Å². The van der Waals surface area contributed by atoms with Crippen molar-refractivity contribution < 1.29 is 14.3 Å². The minimum absolute atomic E-state index is 0.0609. The number of nitrogens with zero attached hydrogens (tertiary/aromatic N) is 2. The topological polar surface area (TPSA) is 70.4 Å². The molecule has 0 spiro atoms. The Morgan fingerprint density at radius 1 is 1.48 bits per heavy atom. The van der Waals surface area contributed by atoms with Gasteiger partial charge in [-0.15, -0.1) is 11.3 Å². The molecule has 25 heavy (non-hydrogen) atoms. The maximum absolute atomic E-state index is 12.9. The Kier molecular flexibility index (Phi) is 5.22. The Balaban J connectivity index is 1.99. The van der Waals surface area contributed by atoms with Gasteiger partial charge >= 0.3 is 5.97 Å². The number of hydrogen-bond donors (Lipinski definition) is 0. The third-order valence-corrected chi connectivity index (χ3v) is 6.65. The van der Waals surface area contributed by atoms with Crippen LogP contribution in [0.2, 0.25) is 0 Å². The molecule has 3 heterocycles. The average molecular weight is 383 g/mol. The van der Waals surface area contributed by atoms with E-state index in [0.717, 1.165) is 28.1 Å². The lowest BCUT2D eigenvalue weighted by Crippen LogP contribution is -2.34. The molecule has 0 aromatic carbocycles. The molecular weight excluding hydrogens is 360 g/mol. The van der Waals surface area contributed by atoms with Gasteiger partial charge in [0.1, 0.15) is 4.83 Å². The summed E-state index contributed by atoms with van der Waals surface area (Å²) in [7, 11) is 1.70. The van der Waals surface area contributed by atoms with E-state index in [2.05, 4.69) is 18.8 Å². The highest BCUT2D eigenvalue weighted by molar-refractivity contribution is 7.99. The SMILES string of the molecule is CCOC(=O)CSc1nc2sc3c(c2c(=O)n1C)CC(C)(CC)OC3. The first-order valence-electron chi connectivity index (χ1n) is 8.32. The van der Waals surface area contributed by atoms with E-state index in [1.165, 1.54) is 27.7 Å². The van der Waals surface area contributed by atoms with E-state index >= 15 is 0 Å². The number of aromatic nitrogens is 2. The van der Waals surface area contributed by atoms with Gasteiger partial charge in [0.15, 0.2) is 5.16 Å². The van der Waals surface area contributed by atoms with Crippen molar-refractivity contribution in [3.63, 3.8) is 0 Å². The molecule has 1 unspecified atom stereocenters.